The lowest BCUT2D eigenvalue weighted by atomic mass is 10.2. The summed E-state index contributed by atoms with van der Waals surface area (Å²) in [7, 11) is 1.69. The molecule has 4 amide bonds. The van der Waals surface area contributed by atoms with Crippen LogP contribution in [0.15, 0.2) is 4.99 Å². The van der Waals surface area contributed by atoms with Gasteiger partial charge in [-0.05, 0) is 12.8 Å². The fourth-order valence-corrected chi connectivity index (χ4v) is 3.41. The summed E-state index contributed by atoms with van der Waals surface area (Å²) in [6.07, 6.45) is 1.48. The number of aliphatic imine (C=N–C) groups is 1. The zero-order valence-electron chi connectivity index (χ0n) is 15.1. The van der Waals surface area contributed by atoms with E-state index in [9.17, 15) is 14.4 Å². The number of rotatable bonds is 4. The second kappa shape index (κ2) is 8.35. The molecule has 0 spiro atoms. The van der Waals surface area contributed by atoms with E-state index in [1.54, 1.807) is 7.05 Å². The highest BCUT2D eigenvalue weighted by molar-refractivity contribution is 6.01. The Balaban J connectivity index is 1.42. The van der Waals surface area contributed by atoms with Crippen LogP contribution in [0.4, 0.5) is 4.79 Å². The fourth-order valence-electron chi connectivity index (χ4n) is 3.41. The number of imide groups is 1. The number of ether oxygens (including phenoxy) is 1. The van der Waals surface area contributed by atoms with E-state index < -0.39 is 0 Å². The number of nitrogens with one attached hydrogen (secondary N) is 2. The number of urea groups is 1. The van der Waals surface area contributed by atoms with Gasteiger partial charge >= 0.3 is 6.03 Å². The summed E-state index contributed by atoms with van der Waals surface area (Å²) in [4.78, 5) is 44.9. The third-order valence-electron chi connectivity index (χ3n) is 4.86. The normalized spacial score (nSPS) is 24.3. The van der Waals surface area contributed by atoms with Crippen molar-refractivity contribution >= 4 is 23.8 Å². The third-order valence-corrected chi connectivity index (χ3v) is 4.86. The van der Waals surface area contributed by atoms with Gasteiger partial charge in [0.1, 0.15) is 6.10 Å². The first-order valence-electron chi connectivity index (χ1n) is 9.04. The van der Waals surface area contributed by atoms with Crippen LogP contribution in [0.1, 0.15) is 12.8 Å². The number of hydrogen-bond acceptors (Lipinski definition) is 5. The Morgan fingerprint density at radius 3 is 2.58 bits per heavy atom. The summed E-state index contributed by atoms with van der Waals surface area (Å²) in [5, 5.41) is 5.67. The topological polar surface area (TPSA) is 107 Å². The Labute approximate surface area is 152 Å². The molecule has 0 aromatic carbocycles. The summed E-state index contributed by atoms with van der Waals surface area (Å²) in [6.45, 7) is 4.09. The molecule has 3 fully saturated rings. The molecule has 3 rings (SSSR count). The molecule has 2 N–H and O–H groups in total. The molecule has 26 heavy (non-hydrogen) atoms. The molecule has 10 nitrogen and oxygen atoms in total. The molecule has 0 saturated carbocycles. The van der Waals surface area contributed by atoms with Gasteiger partial charge in [-0.15, -0.1) is 0 Å². The summed E-state index contributed by atoms with van der Waals surface area (Å²) >= 11 is 0. The third kappa shape index (κ3) is 4.06. The lowest BCUT2D eigenvalue weighted by Crippen LogP contribution is -2.55. The van der Waals surface area contributed by atoms with Crippen LogP contribution < -0.4 is 10.6 Å². The first kappa shape index (κ1) is 18.4. The van der Waals surface area contributed by atoms with Crippen molar-refractivity contribution in [2.75, 3.05) is 59.5 Å². The Morgan fingerprint density at radius 2 is 2.00 bits per heavy atom. The average molecular weight is 366 g/mol. The average Bonchev–Trinajstić information content (AvgIpc) is 3.30. The van der Waals surface area contributed by atoms with Crippen molar-refractivity contribution in [3.05, 3.63) is 0 Å². The van der Waals surface area contributed by atoms with E-state index in [2.05, 4.69) is 20.5 Å². The highest BCUT2D eigenvalue weighted by Crippen LogP contribution is 2.16. The molecule has 3 heterocycles. The molecular weight excluding hydrogens is 340 g/mol. The standard InChI is InChI=1S/C16H26N6O4/c1-17-15(18-4-5-22-13(23)11-19-16(22)25)21-8-6-20(7-9-21)14(24)12-3-2-10-26-12/h12H,2-11H2,1H3,(H,17,18)(H,19,25). The van der Waals surface area contributed by atoms with Crippen molar-refractivity contribution < 1.29 is 19.1 Å². The Hall–Kier alpha value is -2.36. The van der Waals surface area contributed by atoms with Gasteiger partial charge in [0.15, 0.2) is 5.96 Å². The van der Waals surface area contributed by atoms with Crippen LogP contribution in [0.3, 0.4) is 0 Å². The predicted molar refractivity (Wildman–Crippen MR) is 93.6 cm³/mol. The van der Waals surface area contributed by atoms with E-state index in [-0.39, 0.29) is 30.5 Å². The van der Waals surface area contributed by atoms with Crippen LogP contribution in [0.2, 0.25) is 0 Å². The van der Waals surface area contributed by atoms with Gasteiger partial charge in [0.2, 0.25) is 5.91 Å². The zero-order chi connectivity index (χ0) is 18.5. The molecule has 0 aromatic rings. The first-order valence-corrected chi connectivity index (χ1v) is 9.04. The molecule has 0 bridgehead atoms. The van der Waals surface area contributed by atoms with Crippen molar-refractivity contribution in [1.82, 2.24) is 25.3 Å². The number of carbonyl (C=O) groups is 3. The fraction of sp³-hybridized carbons (Fsp3) is 0.750. The van der Waals surface area contributed by atoms with Gasteiger partial charge in [-0.1, -0.05) is 0 Å². The smallest absolute Gasteiger partial charge is 0.324 e. The summed E-state index contributed by atoms with van der Waals surface area (Å²) in [6, 6.07) is -0.354. The minimum absolute atomic E-state index is 0.0637. The SMILES string of the molecule is CN=C(NCCN1C(=O)CNC1=O)N1CCN(C(=O)C2CCCO2)CC1. The van der Waals surface area contributed by atoms with Crippen molar-refractivity contribution in [2.24, 2.45) is 4.99 Å². The molecule has 0 aliphatic carbocycles. The van der Waals surface area contributed by atoms with Crippen LogP contribution in [0.25, 0.3) is 0 Å². The van der Waals surface area contributed by atoms with E-state index in [1.165, 1.54) is 4.90 Å². The van der Waals surface area contributed by atoms with Gasteiger partial charge in [-0.3, -0.25) is 19.5 Å². The summed E-state index contributed by atoms with van der Waals surface area (Å²) < 4.78 is 5.48. The molecule has 3 aliphatic heterocycles. The van der Waals surface area contributed by atoms with Crippen LogP contribution in [0.5, 0.6) is 0 Å². The maximum Gasteiger partial charge on any atom is 0.324 e. The van der Waals surface area contributed by atoms with Crippen LogP contribution >= 0.6 is 0 Å². The van der Waals surface area contributed by atoms with E-state index in [0.29, 0.717) is 51.8 Å². The molecule has 1 unspecified atom stereocenters. The Bertz CT molecular complexity index is 565. The van der Waals surface area contributed by atoms with Crippen LogP contribution in [-0.4, -0.2) is 104 Å². The van der Waals surface area contributed by atoms with E-state index in [0.717, 1.165) is 12.8 Å². The Kier molecular flexibility index (Phi) is 5.92. The highest BCUT2D eigenvalue weighted by atomic mass is 16.5. The minimum Gasteiger partial charge on any atom is -0.368 e. The van der Waals surface area contributed by atoms with Gasteiger partial charge in [-0.2, -0.15) is 0 Å². The molecule has 144 valence electrons. The summed E-state index contributed by atoms with van der Waals surface area (Å²) in [5.74, 6) is 0.581. The zero-order valence-corrected chi connectivity index (χ0v) is 15.1. The Morgan fingerprint density at radius 1 is 1.27 bits per heavy atom. The molecule has 1 atom stereocenters. The van der Waals surface area contributed by atoms with Crippen molar-refractivity contribution in [1.29, 1.82) is 0 Å². The monoisotopic (exact) mass is 366 g/mol. The lowest BCUT2D eigenvalue weighted by molar-refractivity contribution is -0.142. The van der Waals surface area contributed by atoms with Gasteiger partial charge in [0.05, 0.1) is 6.54 Å². The van der Waals surface area contributed by atoms with Gasteiger partial charge < -0.3 is 25.2 Å². The highest BCUT2D eigenvalue weighted by Gasteiger charge is 2.31. The van der Waals surface area contributed by atoms with Gasteiger partial charge in [0.25, 0.3) is 5.91 Å². The van der Waals surface area contributed by atoms with Crippen molar-refractivity contribution in [3.63, 3.8) is 0 Å². The number of piperazine rings is 1. The lowest BCUT2D eigenvalue weighted by Gasteiger charge is -2.37. The number of amides is 4. The number of carbonyl (C=O) groups excluding carboxylic acids is 3. The maximum atomic E-state index is 12.4. The second-order valence-corrected chi connectivity index (χ2v) is 6.49. The van der Waals surface area contributed by atoms with E-state index in [4.69, 9.17) is 4.74 Å². The van der Waals surface area contributed by atoms with Crippen LogP contribution in [-0.2, 0) is 14.3 Å². The largest absolute Gasteiger partial charge is 0.368 e. The number of hydrogen-bond donors (Lipinski definition) is 2. The molecule has 10 heteroatoms. The van der Waals surface area contributed by atoms with Gasteiger partial charge in [-0.25, -0.2) is 4.79 Å². The molecular formula is C16H26N6O4. The van der Waals surface area contributed by atoms with Crippen LogP contribution in [0, 0.1) is 0 Å². The molecule has 3 saturated heterocycles. The second-order valence-electron chi connectivity index (χ2n) is 6.49. The quantitative estimate of drug-likeness (QED) is 0.354. The van der Waals surface area contributed by atoms with Crippen molar-refractivity contribution in [3.8, 4) is 0 Å². The molecule has 0 aromatic heterocycles. The minimum atomic E-state index is -0.354. The first-order chi connectivity index (χ1) is 12.6. The maximum absolute atomic E-state index is 12.4. The number of nitrogens with zero attached hydrogens (tertiary/aromatic N) is 4. The van der Waals surface area contributed by atoms with Crippen molar-refractivity contribution in [2.45, 2.75) is 18.9 Å². The number of guanidine groups is 1. The molecule has 0 radical (unpaired) electrons. The van der Waals surface area contributed by atoms with Gasteiger partial charge in [0, 0.05) is 52.9 Å². The summed E-state index contributed by atoms with van der Waals surface area (Å²) in [5.41, 5.74) is 0. The van der Waals surface area contributed by atoms with E-state index >= 15 is 0 Å². The predicted octanol–water partition coefficient (Wildman–Crippen LogP) is -1.56. The van der Waals surface area contributed by atoms with E-state index in [1.807, 2.05) is 4.90 Å². The molecule has 3 aliphatic rings.